The average molecular weight is 405 g/mol. The van der Waals surface area contributed by atoms with Gasteiger partial charge in [-0.15, -0.1) is 0 Å². The Hall–Kier alpha value is -2.58. The summed E-state index contributed by atoms with van der Waals surface area (Å²) >= 11 is 0. The summed E-state index contributed by atoms with van der Waals surface area (Å²) in [4.78, 5) is 12.2. The molecule has 0 aliphatic carbocycles. The van der Waals surface area contributed by atoms with Crippen LogP contribution in [0.2, 0.25) is 0 Å². The van der Waals surface area contributed by atoms with Gasteiger partial charge in [-0.05, 0) is 31.5 Å². The molecule has 0 unspecified atom stereocenters. The van der Waals surface area contributed by atoms with Crippen LogP contribution in [0.25, 0.3) is 0 Å². The van der Waals surface area contributed by atoms with E-state index in [2.05, 4.69) is 4.72 Å². The van der Waals surface area contributed by atoms with Crippen LogP contribution in [0.1, 0.15) is 24.5 Å². The van der Waals surface area contributed by atoms with Gasteiger partial charge in [-0.2, -0.15) is 4.72 Å². The molecule has 7 nitrogen and oxygen atoms in total. The van der Waals surface area contributed by atoms with Gasteiger partial charge in [-0.25, -0.2) is 8.42 Å². The van der Waals surface area contributed by atoms with Crippen LogP contribution in [-0.2, 0) is 26.2 Å². The first-order valence-corrected chi connectivity index (χ1v) is 10.5. The molecular weight excluding hydrogens is 382 g/mol. The van der Waals surface area contributed by atoms with E-state index in [1.54, 1.807) is 6.07 Å². The number of fused-ring (bicyclic) bond motifs is 1. The third-order valence-corrected chi connectivity index (χ3v) is 5.75. The molecule has 0 amide bonds. The van der Waals surface area contributed by atoms with Gasteiger partial charge in [0.15, 0.2) is 11.5 Å². The summed E-state index contributed by atoms with van der Waals surface area (Å²) in [5, 5.41) is 0. The van der Waals surface area contributed by atoms with Gasteiger partial charge in [0.1, 0.15) is 12.6 Å². The zero-order valence-corrected chi connectivity index (χ0v) is 16.6. The molecule has 0 saturated carbocycles. The van der Waals surface area contributed by atoms with E-state index >= 15 is 0 Å². The highest BCUT2D eigenvalue weighted by atomic mass is 32.2. The maximum absolute atomic E-state index is 12.6. The molecule has 2 aromatic rings. The van der Waals surface area contributed by atoms with E-state index < -0.39 is 22.0 Å². The predicted octanol–water partition coefficient (Wildman–Crippen LogP) is 2.57. The maximum Gasteiger partial charge on any atom is 0.324 e. The average Bonchev–Trinajstić information content (AvgIpc) is 2.91. The Balaban J connectivity index is 1.63. The SMILES string of the molecule is Cc1ccc(COC(=O)[C@H](C)NS(=O)(=O)c2ccc3c(c2)OCCCO3)cc1. The third-order valence-electron chi connectivity index (χ3n) is 4.22. The van der Waals surface area contributed by atoms with Crippen molar-refractivity contribution in [3.05, 3.63) is 53.6 Å². The Morgan fingerprint density at radius 2 is 1.79 bits per heavy atom. The van der Waals surface area contributed by atoms with Gasteiger partial charge in [0.25, 0.3) is 0 Å². The predicted molar refractivity (Wildman–Crippen MR) is 103 cm³/mol. The van der Waals surface area contributed by atoms with Crippen molar-refractivity contribution >= 4 is 16.0 Å². The first-order valence-electron chi connectivity index (χ1n) is 8.99. The lowest BCUT2D eigenvalue weighted by Gasteiger charge is -2.15. The topological polar surface area (TPSA) is 90.9 Å². The summed E-state index contributed by atoms with van der Waals surface area (Å²) in [5.74, 6) is 0.218. The Morgan fingerprint density at radius 1 is 1.11 bits per heavy atom. The Kier molecular flexibility index (Phi) is 6.21. The molecule has 2 aromatic carbocycles. The molecule has 1 atom stereocenters. The summed E-state index contributed by atoms with van der Waals surface area (Å²) in [6.45, 7) is 4.45. The lowest BCUT2D eigenvalue weighted by molar-refractivity contribution is -0.146. The number of carbonyl (C=O) groups is 1. The van der Waals surface area contributed by atoms with Crippen molar-refractivity contribution in [3.63, 3.8) is 0 Å². The second-order valence-electron chi connectivity index (χ2n) is 6.60. The minimum Gasteiger partial charge on any atom is -0.490 e. The van der Waals surface area contributed by atoms with Gasteiger partial charge in [0.2, 0.25) is 10.0 Å². The van der Waals surface area contributed by atoms with E-state index in [0.29, 0.717) is 24.7 Å². The summed E-state index contributed by atoms with van der Waals surface area (Å²) in [6, 6.07) is 10.9. The minimum atomic E-state index is -3.92. The molecule has 0 aromatic heterocycles. The van der Waals surface area contributed by atoms with Crippen molar-refractivity contribution in [2.75, 3.05) is 13.2 Å². The molecule has 1 aliphatic heterocycles. The van der Waals surface area contributed by atoms with Crippen molar-refractivity contribution in [1.29, 1.82) is 0 Å². The Bertz CT molecular complexity index is 940. The summed E-state index contributed by atoms with van der Waals surface area (Å²) < 4.78 is 43.8. The fourth-order valence-electron chi connectivity index (χ4n) is 2.62. The lowest BCUT2D eigenvalue weighted by atomic mass is 10.2. The van der Waals surface area contributed by atoms with E-state index in [-0.39, 0.29) is 11.5 Å². The largest absolute Gasteiger partial charge is 0.490 e. The number of esters is 1. The number of benzene rings is 2. The molecule has 0 spiro atoms. The van der Waals surface area contributed by atoms with Crippen molar-refractivity contribution in [1.82, 2.24) is 4.72 Å². The number of rotatable bonds is 6. The number of carbonyl (C=O) groups excluding carboxylic acids is 1. The number of hydrogen-bond donors (Lipinski definition) is 1. The molecule has 1 N–H and O–H groups in total. The molecule has 0 fully saturated rings. The highest BCUT2D eigenvalue weighted by Gasteiger charge is 2.25. The van der Waals surface area contributed by atoms with Gasteiger partial charge in [-0.1, -0.05) is 29.8 Å². The number of aryl methyl sites for hydroxylation is 1. The zero-order chi connectivity index (χ0) is 20.1. The van der Waals surface area contributed by atoms with Crippen molar-refractivity contribution < 1.29 is 27.4 Å². The highest BCUT2D eigenvalue weighted by Crippen LogP contribution is 2.31. The molecule has 1 heterocycles. The van der Waals surface area contributed by atoms with Crippen LogP contribution < -0.4 is 14.2 Å². The molecule has 150 valence electrons. The highest BCUT2D eigenvalue weighted by molar-refractivity contribution is 7.89. The number of sulfonamides is 1. The molecule has 8 heteroatoms. The molecule has 0 bridgehead atoms. The van der Waals surface area contributed by atoms with Crippen molar-refractivity contribution in [3.8, 4) is 11.5 Å². The van der Waals surface area contributed by atoms with Gasteiger partial charge in [0.05, 0.1) is 18.1 Å². The minimum absolute atomic E-state index is 0.00469. The number of hydrogen-bond acceptors (Lipinski definition) is 6. The Labute approximate surface area is 164 Å². The van der Waals surface area contributed by atoms with Crippen LogP contribution in [0.15, 0.2) is 47.4 Å². The zero-order valence-electron chi connectivity index (χ0n) is 15.8. The van der Waals surface area contributed by atoms with Crippen LogP contribution in [0.4, 0.5) is 0 Å². The van der Waals surface area contributed by atoms with E-state index in [4.69, 9.17) is 14.2 Å². The normalized spacial score (nSPS) is 14.8. The summed E-state index contributed by atoms with van der Waals surface area (Å²) in [5.41, 5.74) is 1.93. The molecule has 1 aliphatic rings. The lowest BCUT2D eigenvalue weighted by Crippen LogP contribution is -2.39. The summed E-state index contributed by atoms with van der Waals surface area (Å²) in [6.07, 6.45) is 0.721. The van der Waals surface area contributed by atoms with E-state index in [0.717, 1.165) is 17.5 Å². The van der Waals surface area contributed by atoms with Crippen molar-refractivity contribution in [2.45, 2.75) is 37.8 Å². The van der Waals surface area contributed by atoms with Crippen LogP contribution in [0, 0.1) is 6.92 Å². The second-order valence-corrected chi connectivity index (χ2v) is 8.31. The second kappa shape index (κ2) is 8.62. The number of ether oxygens (including phenoxy) is 3. The van der Waals surface area contributed by atoms with Gasteiger partial charge in [-0.3, -0.25) is 4.79 Å². The van der Waals surface area contributed by atoms with Crippen molar-refractivity contribution in [2.24, 2.45) is 0 Å². The molecule has 3 rings (SSSR count). The fraction of sp³-hybridized carbons (Fsp3) is 0.350. The molecule has 0 radical (unpaired) electrons. The van der Waals surface area contributed by atoms with Crippen LogP contribution in [0.3, 0.4) is 0 Å². The third kappa shape index (κ3) is 5.02. The summed E-state index contributed by atoms with van der Waals surface area (Å²) in [7, 11) is -3.92. The van der Waals surface area contributed by atoms with E-state index in [1.807, 2.05) is 31.2 Å². The monoisotopic (exact) mass is 405 g/mol. The standard InChI is InChI=1S/C20H23NO6S/c1-14-4-6-16(7-5-14)13-27-20(22)15(2)21-28(23,24)17-8-9-18-19(12-17)26-11-3-10-25-18/h4-9,12,15,21H,3,10-11,13H2,1-2H3/t15-/m0/s1. The number of nitrogens with one attached hydrogen (secondary N) is 1. The van der Waals surface area contributed by atoms with Gasteiger partial charge < -0.3 is 14.2 Å². The Morgan fingerprint density at radius 3 is 2.50 bits per heavy atom. The molecular formula is C20H23NO6S. The smallest absolute Gasteiger partial charge is 0.324 e. The molecule has 28 heavy (non-hydrogen) atoms. The first kappa shape index (κ1) is 20.2. The van der Waals surface area contributed by atoms with Crippen LogP contribution >= 0.6 is 0 Å². The van der Waals surface area contributed by atoms with Gasteiger partial charge in [0, 0.05) is 12.5 Å². The van der Waals surface area contributed by atoms with Gasteiger partial charge >= 0.3 is 5.97 Å². The van der Waals surface area contributed by atoms with Crippen LogP contribution in [-0.4, -0.2) is 33.6 Å². The molecule has 0 saturated heterocycles. The quantitative estimate of drug-likeness (QED) is 0.743. The van der Waals surface area contributed by atoms with E-state index in [1.165, 1.54) is 19.1 Å². The first-order chi connectivity index (χ1) is 13.3. The fourth-order valence-corrected chi connectivity index (χ4v) is 3.83. The maximum atomic E-state index is 12.6. The van der Waals surface area contributed by atoms with Crippen LogP contribution in [0.5, 0.6) is 11.5 Å². The van der Waals surface area contributed by atoms with E-state index in [9.17, 15) is 13.2 Å².